The Labute approximate surface area is 128 Å². The van der Waals surface area contributed by atoms with Crippen LogP contribution in [0.1, 0.15) is 58.3 Å². The van der Waals surface area contributed by atoms with Gasteiger partial charge in [-0.2, -0.15) is 5.10 Å². The fourth-order valence-corrected chi connectivity index (χ4v) is 3.16. The van der Waals surface area contributed by atoms with E-state index in [9.17, 15) is 0 Å². The van der Waals surface area contributed by atoms with Crippen molar-refractivity contribution in [1.82, 2.24) is 15.1 Å². The third kappa shape index (κ3) is 3.40. The Morgan fingerprint density at radius 3 is 2.81 bits per heavy atom. The lowest BCUT2D eigenvalue weighted by atomic mass is 9.90. The van der Waals surface area contributed by atoms with Crippen LogP contribution in [0.25, 0.3) is 0 Å². The minimum atomic E-state index is 0.224. The van der Waals surface area contributed by atoms with Crippen LogP contribution in [0, 0.1) is 5.92 Å². The van der Waals surface area contributed by atoms with Gasteiger partial charge in [0.15, 0.2) is 5.75 Å². The smallest absolute Gasteiger partial charge is 0.161 e. The normalized spacial score (nSPS) is 23.7. The van der Waals surface area contributed by atoms with Gasteiger partial charge in [-0.05, 0) is 40.2 Å². The summed E-state index contributed by atoms with van der Waals surface area (Å²) in [4.78, 5) is 0. The van der Waals surface area contributed by atoms with E-state index in [0.29, 0.717) is 12.0 Å². The van der Waals surface area contributed by atoms with Crippen molar-refractivity contribution in [3.63, 3.8) is 0 Å². The van der Waals surface area contributed by atoms with Gasteiger partial charge in [0.05, 0.1) is 31.1 Å². The summed E-state index contributed by atoms with van der Waals surface area (Å²) in [6, 6.07) is 0.537. The van der Waals surface area contributed by atoms with Gasteiger partial charge in [-0.3, -0.25) is 4.68 Å². The molecule has 1 aromatic rings. The third-order valence-electron chi connectivity index (χ3n) is 4.28. The molecule has 1 aliphatic heterocycles. The van der Waals surface area contributed by atoms with E-state index in [-0.39, 0.29) is 12.1 Å². The molecule has 0 saturated carbocycles. The summed E-state index contributed by atoms with van der Waals surface area (Å²) in [5, 5.41) is 8.22. The monoisotopic (exact) mass is 295 g/mol. The second kappa shape index (κ2) is 7.27. The lowest BCUT2D eigenvalue weighted by Gasteiger charge is -2.29. The second-order valence-electron chi connectivity index (χ2n) is 6.10. The molecule has 1 N–H and O–H groups in total. The predicted molar refractivity (Wildman–Crippen MR) is 83.7 cm³/mol. The molecule has 1 aromatic heterocycles. The van der Waals surface area contributed by atoms with Crippen molar-refractivity contribution < 1.29 is 9.47 Å². The van der Waals surface area contributed by atoms with E-state index in [2.05, 4.69) is 42.8 Å². The highest BCUT2D eigenvalue weighted by Crippen LogP contribution is 2.38. The quantitative estimate of drug-likeness (QED) is 0.840. The first-order valence-corrected chi connectivity index (χ1v) is 8.06. The molecule has 2 rings (SSSR count). The van der Waals surface area contributed by atoms with Crippen LogP contribution in [0.3, 0.4) is 0 Å². The molecular weight excluding hydrogens is 266 g/mol. The van der Waals surface area contributed by atoms with Gasteiger partial charge in [0.1, 0.15) is 0 Å². The molecule has 1 fully saturated rings. The lowest BCUT2D eigenvalue weighted by Crippen LogP contribution is -2.34. The standard InChI is InChI=1S/C16H29N3O2/c1-6-8-17-15(13-7-9-21-12(13)4)16-14(20-5)10-18-19(16)11(2)3/h10-13,15,17H,6-9H2,1-5H3. The molecule has 0 amide bonds. The highest BCUT2D eigenvalue weighted by molar-refractivity contribution is 5.30. The van der Waals surface area contributed by atoms with Gasteiger partial charge in [-0.15, -0.1) is 0 Å². The summed E-state index contributed by atoms with van der Waals surface area (Å²) < 4.78 is 13.4. The van der Waals surface area contributed by atoms with Crippen LogP contribution in [0.5, 0.6) is 5.75 Å². The van der Waals surface area contributed by atoms with Crippen LogP contribution in [-0.4, -0.2) is 36.1 Å². The molecule has 21 heavy (non-hydrogen) atoms. The molecule has 5 nitrogen and oxygen atoms in total. The van der Waals surface area contributed by atoms with E-state index >= 15 is 0 Å². The Bertz CT molecular complexity index is 445. The SMILES string of the molecule is CCCNC(c1c(OC)cnn1C(C)C)C1CCOC1C. The molecule has 0 aliphatic carbocycles. The highest BCUT2D eigenvalue weighted by atomic mass is 16.5. The highest BCUT2D eigenvalue weighted by Gasteiger charge is 2.36. The van der Waals surface area contributed by atoms with Gasteiger partial charge in [-0.25, -0.2) is 0 Å². The Morgan fingerprint density at radius 1 is 1.52 bits per heavy atom. The van der Waals surface area contributed by atoms with E-state index in [4.69, 9.17) is 9.47 Å². The summed E-state index contributed by atoms with van der Waals surface area (Å²) in [6.45, 7) is 10.5. The molecule has 0 bridgehead atoms. The van der Waals surface area contributed by atoms with Crippen LogP contribution in [-0.2, 0) is 4.74 Å². The number of ether oxygens (including phenoxy) is 2. The van der Waals surface area contributed by atoms with Crippen molar-refractivity contribution in [3.05, 3.63) is 11.9 Å². The number of hydrogen-bond acceptors (Lipinski definition) is 4. The fraction of sp³-hybridized carbons (Fsp3) is 0.812. The predicted octanol–water partition coefficient (Wildman–Crippen LogP) is 2.94. The molecular formula is C16H29N3O2. The largest absolute Gasteiger partial charge is 0.493 e. The average molecular weight is 295 g/mol. The zero-order valence-corrected chi connectivity index (χ0v) is 13.9. The minimum absolute atomic E-state index is 0.224. The van der Waals surface area contributed by atoms with Crippen LogP contribution in [0.2, 0.25) is 0 Å². The van der Waals surface area contributed by atoms with Gasteiger partial charge in [-0.1, -0.05) is 6.92 Å². The summed E-state index contributed by atoms with van der Waals surface area (Å²) in [5.41, 5.74) is 1.16. The van der Waals surface area contributed by atoms with Crippen molar-refractivity contribution in [2.24, 2.45) is 5.92 Å². The van der Waals surface area contributed by atoms with Crippen molar-refractivity contribution in [2.75, 3.05) is 20.3 Å². The maximum absolute atomic E-state index is 5.79. The first kappa shape index (κ1) is 16.3. The summed E-state index contributed by atoms with van der Waals surface area (Å²) >= 11 is 0. The summed E-state index contributed by atoms with van der Waals surface area (Å²) in [6.07, 6.45) is 4.28. The van der Waals surface area contributed by atoms with Gasteiger partial charge in [0.2, 0.25) is 0 Å². The van der Waals surface area contributed by atoms with Crippen molar-refractivity contribution in [2.45, 2.75) is 58.7 Å². The first-order chi connectivity index (χ1) is 10.1. The van der Waals surface area contributed by atoms with Gasteiger partial charge in [0, 0.05) is 18.6 Å². The van der Waals surface area contributed by atoms with Crippen LogP contribution < -0.4 is 10.1 Å². The Hall–Kier alpha value is -1.07. The van der Waals surface area contributed by atoms with Crippen molar-refractivity contribution in [3.8, 4) is 5.75 Å². The zero-order chi connectivity index (χ0) is 15.4. The van der Waals surface area contributed by atoms with E-state index in [1.807, 2.05) is 6.20 Å². The summed E-state index contributed by atoms with van der Waals surface area (Å²) in [7, 11) is 1.72. The molecule has 1 saturated heterocycles. The van der Waals surface area contributed by atoms with Gasteiger partial charge >= 0.3 is 0 Å². The molecule has 1 aliphatic rings. The zero-order valence-electron chi connectivity index (χ0n) is 13.9. The molecule has 0 spiro atoms. The molecule has 3 unspecified atom stereocenters. The maximum Gasteiger partial charge on any atom is 0.161 e. The number of rotatable bonds is 7. The van der Waals surface area contributed by atoms with Gasteiger partial charge in [0.25, 0.3) is 0 Å². The van der Waals surface area contributed by atoms with E-state index in [1.165, 1.54) is 0 Å². The van der Waals surface area contributed by atoms with Gasteiger partial charge < -0.3 is 14.8 Å². The summed E-state index contributed by atoms with van der Waals surface area (Å²) in [5.74, 6) is 1.33. The molecule has 5 heteroatoms. The van der Waals surface area contributed by atoms with Crippen molar-refractivity contribution >= 4 is 0 Å². The van der Waals surface area contributed by atoms with E-state index in [1.54, 1.807) is 7.11 Å². The topological polar surface area (TPSA) is 48.3 Å². The molecule has 2 heterocycles. The van der Waals surface area contributed by atoms with Crippen molar-refractivity contribution in [1.29, 1.82) is 0 Å². The van der Waals surface area contributed by atoms with Crippen LogP contribution in [0.15, 0.2) is 6.20 Å². The lowest BCUT2D eigenvalue weighted by molar-refractivity contribution is 0.0937. The maximum atomic E-state index is 5.79. The molecule has 0 radical (unpaired) electrons. The molecule has 120 valence electrons. The second-order valence-corrected chi connectivity index (χ2v) is 6.10. The third-order valence-corrected chi connectivity index (χ3v) is 4.28. The van der Waals surface area contributed by atoms with E-state index < -0.39 is 0 Å². The Morgan fingerprint density at radius 2 is 2.29 bits per heavy atom. The number of nitrogens with one attached hydrogen (secondary N) is 1. The fourth-order valence-electron chi connectivity index (χ4n) is 3.16. The average Bonchev–Trinajstić information content (AvgIpc) is 3.06. The Balaban J connectivity index is 2.37. The number of hydrogen-bond donors (Lipinski definition) is 1. The number of aromatic nitrogens is 2. The minimum Gasteiger partial charge on any atom is -0.493 e. The molecule has 0 aromatic carbocycles. The number of methoxy groups -OCH3 is 1. The van der Waals surface area contributed by atoms with E-state index in [0.717, 1.165) is 37.4 Å². The number of nitrogens with zero attached hydrogens (tertiary/aromatic N) is 2. The van der Waals surface area contributed by atoms with Crippen LogP contribution >= 0.6 is 0 Å². The first-order valence-electron chi connectivity index (χ1n) is 8.06. The van der Waals surface area contributed by atoms with Crippen LogP contribution in [0.4, 0.5) is 0 Å². The Kier molecular flexibility index (Phi) is 5.65. The molecule has 3 atom stereocenters.